The largest absolute Gasteiger partial charge is 0.454 e. The molecule has 0 heterocycles. The van der Waals surface area contributed by atoms with Gasteiger partial charge in [-0.2, -0.15) is 5.26 Å². The number of hydrogen-bond acceptors (Lipinski definition) is 4. The molecule has 0 bridgehead atoms. The molecule has 2 rings (SSSR count). The first-order chi connectivity index (χ1) is 9.93. The van der Waals surface area contributed by atoms with Gasteiger partial charge < -0.3 is 16.2 Å². The van der Waals surface area contributed by atoms with Crippen molar-refractivity contribution in [2.24, 2.45) is 5.73 Å². The standard InChI is InChI=1S/C16H15N3O2/c1-9-6-11(8-17)7-10(2)14(9)21-15-12(16(19)20)4-3-5-13(15)18/h3-7H,18H2,1-2H3,(H2,19,20). The van der Waals surface area contributed by atoms with Crippen molar-refractivity contribution in [3.63, 3.8) is 0 Å². The summed E-state index contributed by atoms with van der Waals surface area (Å²) >= 11 is 0. The Bertz CT molecular complexity index is 738. The number of ether oxygens (including phenoxy) is 1. The van der Waals surface area contributed by atoms with Crippen LogP contribution >= 0.6 is 0 Å². The van der Waals surface area contributed by atoms with E-state index < -0.39 is 5.91 Å². The highest BCUT2D eigenvalue weighted by molar-refractivity contribution is 5.97. The summed E-state index contributed by atoms with van der Waals surface area (Å²) in [6.07, 6.45) is 0. The predicted molar refractivity (Wildman–Crippen MR) is 80.1 cm³/mol. The number of hydrogen-bond donors (Lipinski definition) is 2. The van der Waals surface area contributed by atoms with Crippen molar-refractivity contribution in [1.29, 1.82) is 5.26 Å². The third-order valence-corrected chi connectivity index (χ3v) is 3.10. The highest BCUT2D eigenvalue weighted by atomic mass is 16.5. The molecular weight excluding hydrogens is 266 g/mol. The molecule has 21 heavy (non-hydrogen) atoms. The van der Waals surface area contributed by atoms with E-state index >= 15 is 0 Å². The second-order valence-electron chi connectivity index (χ2n) is 4.74. The van der Waals surface area contributed by atoms with Crippen LogP contribution in [-0.4, -0.2) is 5.91 Å². The molecule has 0 atom stereocenters. The summed E-state index contributed by atoms with van der Waals surface area (Å²) in [4.78, 5) is 11.5. The van der Waals surface area contributed by atoms with E-state index in [1.165, 1.54) is 0 Å². The van der Waals surface area contributed by atoms with Gasteiger partial charge in [0.15, 0.2) is 5.75 Å². The van der Waals surface area contributed by atoms with E-state index in [0.29, 0.717) is 17.0 Å². The number of benzene rings is 2. The smallest absolute Gasteiger partial charge is 0.252 e. The van der Waals surface area contributed by atoms with Gasteiger partial charge in [-0.1, -0.05) is 6.07 Å². The fraction of sp³-hybridized carbons (Fsp3) is 0.125. The van der Waals surface area contributed by atoms with Gasteiger partial charge in [0, 0.05) is 0 Å². The number of aryl methyl sites for hydroxylation is 2. The Morgan fingerprint density at radius 1 is 1.19 bits per heavy atom. The number of rotatable bonds is 3. The number of anilines is 1. The molecule has 5 nitrogen and oxygen atoms in total. The Balaban J connectivity index is 2.54. The summed E-state index contributed by atoms with van der Waals surface area (Å²) < 4.78 is 5.83. The number of primary amides is 1. The summed E-state index contributed by atoms with van der Waals surface area (Å²) in [6, 6.07) is 10.3. The van der Waals surface area contributed by atoms with E-state index in [2.05, 4.69) is 6.07 Å². The minimum atomic E-state index is -0.610. The monoisotopic (exact) mass is 281 g/mol. The molecule has 0 aliphatic heterocycles. The molecule has 2 aromatic rings. The molecular formula is C16H15N3O2. The van der Waals surface area contributed by atoms with Gasteiger partial charge in [0.25, 0.3) is 5.91 Å². The fourth-order valence-electron chi connectivity index (χ4n) is 2.14. The summed E-state index contributed by atoms with van der Waals surface area (Å²) in [5, 5.41) is 8.96. The van der Waals surface area contributed by atoms with Gasteiger partial charge in [-0.05, 0) is 49.2 Å². The lowest BCUT2D eigenvalue weighted by Crippen LogP contribution is -2.13. The van der Waals surface area contributed by atoms with Crippen LogP contribution in [0.2, 0.25) is 0 Å². The lowest BCUT2D eigenvalue weighted by atomic mass is 10.1. The van der Waals surface area contributed by atoms with Crippen molar-refractivity contribution in [2.75, 3.05) is 5.73 Å². The molecule has 0 unspecified atom stereocenters. The maximum absolute atomic E-state index is 11.5. The molecule has 0 saturated heterocycles. The van der Waals surface area contributed by atoms with Crippen LogP contribution < -0.4 is 16.2 Å². The average molecular weight is 281 g/mol. The van der Waals surface area contributed by atoms with E-state index in [1.54, 1.807) is 30.3 Å². The Morgan fingerprint density at radius 2 is 1.81 bits per heavy atom. The maximum Gasteiger partial charge on any atom is 0.252 e. The molecule has 0 spiro atoms. The molecule has 0 fully saturated rings. The lowest BCUT2D eigenvalue weighted by Gasteiger charge is -2.15. The van der Waals surface area contributed by atoms with E-state index in [1.807, 2.05) is 13.8 Å². The number of nitrogens with two attached hydrogens (primary N) is 2. The van der Waals surface area contributed by atoms with Gasteiger partial charge >= 0.3 is 0 Å². The molecule has 0 aliphatic carbocycles. The molecule has 2 aromatic carbocycles. The van der Waals surface area contributed by atoms with E-state index in [-0.39, 0.29) is 11.3 Å². The third-order valence-electron chi connectivity index (χ3n) is 3.10. The Kier molecular flexibility index (Phi) is 3.81. The zero-order chi connectivity index (χ0) is 15.6. The first-order valence-corrected chi connectivity index (χ1v) is 6.31. The molecule has 1 amide bonds. The van der Waals surface area contributed by atoms with Gasteiger partial charge in [-0.3, -0.25) is 4.79 Å². The van der Waals surface area contributed by atoms with E-state index in [0.717, 1.165) is 11.1 Å². The second kappa shape index (κ2) is 5.55. The van der Waals surface area contributed by atoms with Gasteiger partial charge in [0.05, 0.1) is 22.9 Å². The van der Waals surface area contributed by atoms with Crippen LogP contribution in [0.25, 0.3) is 0 Å². The highest BCUT2D eigenvalue weighted by Crippen LogP contribution is 2.35. The minimum absolute atomic E-state index is 0.221. The van der Waals surface area contributed by atoms with Crippen LogP contribution in [0.15, 0.2) is 30.3 Å². The van der Waals surface area contributed by atoms with Crippen LogP contribution in [0.4, 0.5) is 5.69 Å². The molecule has 4 N–H and O–H groups in total. The van der Waals surface area contributed by atoms with Gasteiger partial charge in [0.1, 0.15) is 5.75 Å². The number of nitrogens with zero attached hydrogens (tertiary/aromatic N) is 1. The fourth-order valence-corrected chi connectivity index (χ4v) is 2.14. The van der Waals surface area contributed by atoms with E-state index in [9.17, 15) is 4.79 Å². The molecule has 0 radical (unpaired) electrons. The number of nitriles is 1. The normalized spacial score (nSPS) is 9.95. The summed E-state index contributed by atoms with van der Waals surface area (Å²) in [5.74, 6) is 0.191. The maximum atomic E-state index is 11.5. The lowest BCUT2D eigenvalue weighted by molar-refractivity contribution is 0.0998. The SMILES string of the molecule is Cc1cc(C#N)cc(C)c1Oc1c(N)cccc1C(N)=O. The number of nitrogen functional groups attached to an aromatic ring is 1. The quantitative estimate of drug-likeness (QED) is 0.844. The zero-order valence-corrected chi connectivity index (χ0v) is 11.8. The number of carbonyl (C=O) groups excluding carboxylic acids is 1. The molecule has 0 aromatic heterocycles. The summed E-state index contributed by atoms with van der Waals surface area (Å²) in [6.45, 7) is 3.65. The average Bonchev–Trinajstić information content (AvgIpc) is 2.43. The molecule has 0 aliphatic rings. The second-order valence-corrected chi connectivity index (χ2v) is 4.74. The summed E-state index contributed by atoms with van der Waals surface area (Å²) in [7, 11) is 0. The van der Waals surface area contributed by atoms with Gasteiger partial charge in [-0.25, -0.2) is 0 Å². The number of carbonyl (C=O) groups is 1. The first kappa shape index (κ1) is 14.4. The van der Waals surface area contributed by atoms with Gasteiger partial charge in [0.2, 0.25) is 0 Å². The van der Waals surface area contributed by atoms with Crippen LogP contribution in [0.3, 0.4) is 0 Å². The zero-order valence-electron chi connectivity index (χ0n) is 11.8. The highest BCUT2D eigenvalue weighted by Gasteiger charge is 2.16. The van der Waals surface area contributed by atoms with Crippen molar-refractivity contribution in [3.8, 4) is 17.6 Å². The van der Waals surface area contributed by atoms with Crippen molar-refractivity contribution in [1.82, 2.24) is 0 Å². The van der Waals surface area contributed by atoms with Crippen molar-refractivity contribution in [3.05, 3.63) is 52.6 Å². The molecule has 5 heteroatoms. The Hall–Kier alpha value is -3.00. The van der Waals surface area contributed by atoms with E-state index in [4.69, 9.17) is 21.5 Å². The third kappa shape index (κ3) is 2.79. The van der Waals surface area contributed by atoms with Crippen LogP contribution in [0.1, 0.15) is 27.0 Å². The van der Waals surface area contributed by atoms with Crippen LogP contribution in [0, 0.1) is 25.2 Å². The van der Waals surface area contributed by atoms with Crippen LogP contribution in [0.5, 0.6) is 11.5 Å². The van der Waals surface area contributed by atoms with Crippen LogP contribution in [-0.2, 0) is 0 Å². The van der Waals surface area contributed by atoms with Crippen molar-refractivity contribution < 1.29 is 9.53 Å². The Labute approximate surface area is 122 Å². The van der Waals surface area contributed by atoms with Crippen molar-refractivity contribution in [2.45, 2.75) is 13.8 Å². The number of para-hydroxylation sites is 1. The van der Waals surface area contributed by atoms with Crippen molar-refractivity contribution >= 4 is 11.6 Å². The Morgan fingerprint density at radius 3 is 2.33 bits per heavy atom. The predicted octanol–water partition coefficient (Wildman–Crippen LogP) is 2.65. The topological polar surface area (TPSA) is 102 Å². The molecule has 0 saturated carbocycles. The summed E-state index contributed by atoms with van der Waals surface area (Å²) in [5.41, 5.74) is 13.9. The van der Waals surface area contributed by atoms with Gasteiger partial charge in [-0.15, -0.1) is 0 Å². The number of amides is 1. The first-order valence-electron chi connectivity index (χ1n) is 6.31. The molecule has 106 valence electrons. The minimum Gasteiger partial charge on any atom is -0.454 e.